The Morgan fingerprint density at radius 1 is 1.37 bits per heavy atom. The highest BCUT2D eigenvalue weighted by atomic mass is 35.5. The highest BCUT2D eigenvalue weighted by molar-refractivity contribution is 7.89. The molecule has 0 saturated carbocycles. The number of benzene rings is 1. The van der Waals surface area contributed by atoms with Gasteiger partial charge in [-0.3, -0.25) is 4.79 Å². The van der Waals surface area contributed by atoms with Crippen molar-refractivity contribution in [2.75, 3.05) is 6.54 Å². The van der Waals surface area contributed by atoms with Crippen molar-refractivity contribution in [1.82, 2.24) is 4.31 Å². The largest absolute Gasteiger partial charge is 0.480 e. The molecule has 0 aromatic heterocycles. The van der Waals surface area contributed by atoms with Crippen LogP contribution in [0.2, 0.25) is 10.0 Å². The van der Waals surface area contributed by atoms with Gasteiger partial charge in [0.05, 0.1) is 10.0 Å². The molecule has 1 saturated heterocycles. The van der Waals surface area contributed by atoms with Crippen LogP contribution in [-0.2, 0) is 14.8 Å². The van der Waals surface area contributed by atoms with Gasteiger partial charge in [-0.25, -0.2) is 8.42 Å². The fourth-order valence-electron chi connectivity index (χ4n) is 2.08. The Morgan fingerprint density at radius 2 is 2.05 bits per heavy atom. The SMILES string of the molecule is O=C(O)C1CCCN1S(=O)(=O)c1cccc(Cl)c1Cl. The first-order chi connectivity index (χ1) is 8.85. The van der Waals surface area contributed by atoms with E-state index in [9.17, 15) is 13.2 Å². The van der Waals surface area contributed by atoms with E-state index in [4.69, 9.17) is 28.3 Å². The van der Waals surface area contributed by atoms with E-state index in [2.05, 4.69) is 0 Å². The number of rotatable bonds is 3. The molecule has 1 aliphatic heterocycles. The smallest absolute Gasteiger partial charge is 0.322 e. The molecule has 1 fully saturated rings. The van der Waals surface area contributed by atoms with E-state index < -0.39 is 22.0 Å². The average molecular weight is 324 g/mol. The predicted octanol–water partition coefficient (Wildman–Crippen LogP) is 2.23. The van der Waals surface area contributed by atoms with Crippen molar-refractivity contribution in [3.05, 3.63) is 28.2 Å². The molecule has 1 N–H and O–H groups in total. The number of hydrogen-bond acceptors (Lipinski definition) is 3. The molecule has 5 nitrogen and oxygen atoms in total. The van der Waals surface area contributed by atoms with Crippen molar-refractivity contribution in [2.24, 2.45) is 0 Å². The van der Waals surface area contributed by atoms with Crippen LogP contribution in [0.4, 0.5) is 0 Å². The number of hydrogen-bond donors (Lipinski definition) is 1. The second-order valence-corrected chi connectivity index (χ2v) is 6.81. The van der Waals surface area contributed by atoms with Crippen molar-refractivity contribution in [1.29, 1.82) is 0 Å². The average Bonchev–Trinajstić information content (AvgIpc) is 2.82. The Hall–Kier alpha value is -0.820. The van der Waals surface area contributed by atoms with Crippen molar-refractivity contribution in [3.8, 4) is 0 Å². The van der Waals surface area contributed by atoms with Crippen LogP contribution in [0.25, 0.3) is 0 Å². The zero-order valence-corrected chi connectivity index (χ0v) is 12.0. The molecule has 2 rings (SSSR count). The number of aliphatic carboxylic acids is 1. The van der Waals surface area contributed by atoms with Crippen molar-refractivity contribution in [3.63, 3.8) is 0 Å². The molecular weight excluding hydrogens is 313 g/mol. The predicted molar refractivity (Wildman–Crippen MR) is 71.0 cm³/mol. The standard InChI is InChI=1S/C11H11Cl2NO4S/c12-7-3-1-5-9(10(7)13)19(17,18)14-6-2-4-8(14)11(15)16/h1,3,5,8H,2,4,6H2,(H,15,16). The second kappa shape index (κ2) is 5.28. The molecule has 0 amide bonds. The summed E-state index contributed by atoms with van der Waals surface area (Å²) in [5.74, 6) is -1.15. The Morgan fingerprint density at radius 3 is 2.68 bits per heavy atom. The summed E-state index contributed by atoms with van der Waals surface area (Å²) in [4.78, 5) is 10.9. The third-order valence-corrected chi connectivity index (χ3v) is 5.87. The third kappa shape index (κ3) is 2.58. The first-order valence-electron chi connectivity index (χ1n) is 5.54. The number of carbonyl (C=O) groups is 1. The molecule has 1 heterocycles. The van der Waals surface area contributed by atoms with E-state index in [0.717, 1.165) is 4.31 Å². The molecule has 1 atom stereocenters. The summed E-state index contributed by atoms with van der Waals surface area (Å²) in [6.45, 7) is 0.169. The summed E-state index contributed by atoms with van der Waals surface area (Å²) < 4.78 is 25.8. The van der Waals surface area contributed by atoms with Crippen LogP contribution in [0.1, 0.15) is 12.8 Å². The highest BCUT2D eigenvalue weighted by Crippen LogP contribution is 2.33. The molecular formula is C11H11Cl2NO4S. The molecule has 0 aliphatic carbocycles. The van der Waals surface area contributed by atoms with Gasteiger partial charge in [-0.2, -0.15) is 4.31 Å². The van der Waals surface area contributed by atoms with Crippen molar-refractivity contribution >= 4 is 39.2 Å². The third-order valence-electron chi connectivity index (χ3n) is 2.99. The number of carboxylic acid groups (broad SMARTS) is 1. The van der Waals surface area contributed by atoms with Crippen LogP contribution in [0.15, 0.2) is 23.1 Å². The van der Waals surface area contributed by atoms with E-state index in [-0.39, 0.29) is 21.5 Å². The Labute approximate surface area is 120 Å². The van der Waals surface area contributed by atoms with Crippen LogP contribution in [0.3, 0.4) is 0 Å². The van der Waals surface area contributed by atoms with Crippen molar-refractivity contribution in [2.45, 2.75) is 23.8 Å². The molecule has 1 aliphatic rings. The zero-order chi connectivity index (χ0) is 14.2. The number of halogens is 2. The topological polar surface area (TPSA) is 74.7 Å². The summed E-state index contributed by atoms with van der Waals surface area (Å²) in [6, 6.07) is 3.22. The molecule has 1 aromatic rings. The lowest BCUT2D eigenvalue weighted by Crippen LogP contribution is -2.40. The summed E-state index contributed by atoms with van der Waals surface area (Å²) >= 11 is 11.7. The maximum Gasteiger partial charge on any atom is 0.322 e. The van der Waals surface area contributed by atoms with E-state index in [1.54, 1.807) is 0 Å². The van der Waals surface area contributed by atoms with Gasteiger partial charge in [-0.15, -0.1) is 0 Å². The molecule has 0 spiro atoms. The molecule has 8 heteroatoms. The Bertz CT molecular complexity index is 617. The van der Waals surface area contributed by atoms with Gasteiger partial charge in [0.1, 0.15) is 10.9 Å². The van der Waals surface area contributed by atoms with Crippen LogP contribution in [0, 0.1) is 0 Å². The van der Waals surface area contributed by atoms with E-state index in [1.807, 2.05) is 0 Å². The van der Waals surface area contributed by atoms with Gasteiger partial charge in [0.15, 0.2) is 0 Å². The van der Waals surface area contributed by atoms with E-state index in [0.29, 0.717) is 12.8 Å². The van der Waals surface area contributed by atoms with Gasteiger partial charge in [-0.05, 0) is 25.0 Å². The summed E-state index contributed by atoms with van der Waals surface area (Å²) in [5, 5.41) is 9.09. The maximum absolute atomic E-state index is 12.4. The van der Waals surface area contributed by atoms with Crippen LogP contribution >= 0.6 is 23.2 Å². The minimum absolute atomic E-state index is 0.0831. The summed E-state index contributed by atoms with van der Waals surface area (Å²) in [5.41, 5.74) is 0. The van der Waals surface area contributed by atoms with Crippen LogP contribution in [-0.4, -0.2) is 36.4 Å². The lowest BCUT2D eigenvalue weighted by atomic mass is 10.2. The van der Waals surface area contributed by atoms with Crippen molar-refractivity contribution < 1.29 is 18.3 Å². The van der Waals surface area contributed by atoms with Gasteiger partial charge in [0.25, 0.3) is 0 Å². The Balaban J connectivity index is 2.48. The van der Waals surface area contributed by atoms with Gasteiger partial charge in [0, 0.05) is 6.54 Å². The molecule has 104 valence electrons. The number of nitrogens with zero attached hydrogens (tertiary/aromatic N) is 1. The van der Waals surface area contributed by atoms with Gasteiger partial charge in [0.2, 0.25) is 10.0 Å². The fraction of sp³-hybridized carbons (Fsp3) is 0.364. The minimum atomic E-state index is -3.95. The van der Waals surface area contributed by atoms with E-state index >= 15 is 0 Å². The Kier molecular flexibility index (Phi) is 4.06. The second-order valence-electron chi connectivity index (χ2n) is 4.16. The molecule has 0 radical (unpaired) electrons. The molecule has 0 bridgehead atoms. The maximum atomic E-state index is 12.4. The molecule has 19 heavy (non-hydrogen) atoms. The number of sulfonamides is 1. The number of carboxylic acids is 1. The molecule has 1 unspecified atom stereocenters. The zero-order valence-electron chi connectivity index (χ0n) is 9.71. The fourth-order valence-corrected chi connectivity index (χ4v) is 4.47. The first-order valence-corrected chi connectivity index (χ1v) is 7.74. The lowest BCUT2D eigenvalue weighted by Gasteiger charge is -2.21. The monoisotopic (exact) mass is 323 g/mol. The van der Waals surface area contributed by atoms with E-state index in [1.165, 1.54) is 18.2 Å². The normalized spacial score (nSPS) is 20.6. The van der Waals surface area contributed by atoms with Gasteiger partial charge in [-0.1, -0.05) is 29.3 Å². The highest BCUT2D eigenvalue weighted by Gasteiger charge is 2.40. The summed E-state index contributed by atoms with van der Waals surface area (Å²) in [7, 11) is -3.95. The van der Waals surface area contributed by atoms with Gasteiger partial charge >= 0.3 is 5.97 Å². The summed E-state index contributed by atoms with van der Waals surface area (Å²) in [6.07, 6.45) is 0.807. The molecule has 1 aromatic carbocycles. The first kappa shape index (κ1) is 14.6. The van der Waals surface area contributed by atoms with Crippen LogP contribution in [0.5, 0.6) is 0 Å². The van der Waals surface area contributed by atoms with Crippen LogP contribution < -0.4 is 0 Å². The quantitative estimate of drug-likeness (QED) is 0.925. The lowest BCUT2D eigenvalue weighted by molar-refractivity contribution is -0.140. The minimum Gasteiger partial charge on any atom is -0.480 e. The van der Waals surface area contributed by atoms with Gasteiger partial charge < -0.3 is 5.11 Å².